The number of hydrogen-bond acceptors (Lipinski definition) is 5. The largest absolute Gasteiger partial charge is 0.326 e. The molecule has 0 saturated carbocycles. The van der Waals surface area contributed by atoms with E-state index in [4.69, 9.17) is 0 Å². The van der Waals surface area contributed by atoms with Crippen LogP contribution in [0.25, 0.3) is 5.69 Å². The molecule has 1 aromatic carbocycles. The lowest BCUT2D eigenvalue weighted by Crippen LogP contribution is -2.12. The molecule has 0 saturated heterocycles. The Kier molecular flexibility index (Phi) is 4.02. The van der Waals surface area contributed by atoms with Crippen LogP contribution in [0, 0.1) is 0 Å². The molecule has 2 heterocycles. The average Bonchev–Trinajstić information content (AvgIpc) is 3.19. The minimum atomic E-state index is -0.00253. The summed E-state index contributed by atoms with van der Waals surface area (Å²) in [5.74, 6) is -0.00253. The topological polar surface area (TPSA) is 72.7 Å². The number of carbonyl (C=O) groups is 1. The van der Waals surface area contributed by atoms with Gasteiger partial charge in [-0.1, -0.05) is 12.1 Å². The lowest BCUT2D eigenvalue weighted by atomic mass is 10.2. The maximum absolute atomic E-state index is 12.0. The first kappa shape index (κ1) is 13.4. The monoisotopic (exact) mass is 299 g/mol. The SMILES string of the molecule is O=C(CCc1cccs1)Nc1cccc(-n2cnnn2)c1. The van der Waals surface area contributed by atoms with E-state index in [0.717, 1.165) is 17.8 Å². The molecule has 0 atom stereocenters. The van der Waals surface area contributed by atoms with Gasteiger partial charge >= 0.3 is 0 Å². The van der Waals surface area contributed by atoms with Crippen LogP contribution >= 0.6 is 11.3 Å². The number of benzene rings is 1. The lowest BCUT2D eigenvalue weighted by molar-refractivity contribution is -0.116. The third-order valence-electron chi connectivity index (χ3n) is 2.92. The first-order valence-electron chi connectivity index (χ1n) is 6.47. The van der Waals surface area contributed by atoms with E-state index in [0.29, 0.717) is 6.42 Å². The Morgan fingerprint density at radius 3 is 3.00 bits per heavy atom. The zero-order valence-corrected chi connectivity index (χ0v) is 12.0. The molecule has 0 bridgehead atoms. The van der Waals surface area contributed by atoms with Gasteiger partial charge in [0.05, 0.1) is 5.69 Å². The van der Waals surface area contributed by atoms with Crippen molar-refractivity contribution in [3.05, 3.63) is 53.0 Å². The third kappa shape index (κ3) is 3.51. The Bertz CT molecular complexity index is 709. The predicted octanol–water partition coefficient (Wildman–Crippen LogP) is 2.30. The van der Waals surface area contributed by atoms with Crippen molar-refractivity contribution in [3.8, 4) is 5.69 Å². The minimum absolute atomic E-state index is 0.00253. The number of nitrogens with one attached hydrogen (secondary N) is 1. The van der Waals surface area contributed by atoms with Crippen molar-refractivity contribution >= 4 is 22.9 Å². The fraction of sp³-hybridized carbons (Fsp3) is 0.143. The van der Waals surface area contributed by atoms with Gasteiger partial charge in [0.15, 0.2) is 0 Å². The number of thiophene rings is 1. The molecular formula is C14H13N5OS. The third-order valence-corrected chi connectivity index (χ3v) is 3.86. The van der Waals surface area contributed by atoms with Gasteiger partial charge in [0.25, 0.3) is 0 Å². The number of aryl methyl sites for hydroxylation is 1. The van der Waals surface area contributed by atoms with Crippen LogP contribution in [0.4, 0.5) is 5.69 Å². The van der Waals surface area contributed by atoms with Crippen molar-refractivity contribution < 1.29 is 4.79 Å². The van der Waals surface area contributed by atoms with Crippen molar-refractivity contribution in [3.63, 3.8) is 0 Å². The van der Waals surface area contributed by atoms with Gasteiger partial charge in [-0.25, -0.2) is 4.68 Å². The molecule has 0 fully saturated rings. The van der Waals surface area contributed by atoms with Gasteiger partial charge < -0.3 is 5.32 Å². The Labute approximate surface area is 125 Å². The molecule has 6 nitrogen and oxygen atoms in total. The van der Waals surface area contributed by atoms with E-state index >= 15 is 0 Å². The van der Waals surface area contributed by atoms with Crippen LogP contribution in [0.15, 0.2) is 48.1 Å². The zero-order chi connectivity index (χ0) is 14.5. The highest BCUT2D eigenvalue weighted by Crippen LogP contribution is 2.15. The highest BCUT2D eigenvalue weighted by Gasteiger charge is 2.05. The predicted molar refractivity (Wildman–Crippen MR) is 80.4 cm³/mol. The van der Waals surface area contributed by atoms with Gasteiger partial charge in [0, 0.05) is 17.0 Å². The van der Waals surface area contributed by atoms with E-state index < -0.39 is 0 Å². The first-order valence-corrected chi connectivity index (χ1v) is 7.35. The molecule has 0 aliphatic heterocycles. The summed E-state index contributed by atoms with van der Waals surface area (Å²) in [6, 6.07) is 11.4. The molecule has 3 rings (SSSR count). The summed E-state index contributed by atoms with van der Waals surface area (Å²) in [6.45, 7) is 0. The van der Waals surface area contributed by atoms with Gasteiger partial charge in [-0.2, -0.15) is 0 Å². The standard InChI is InChI=1S/C14H13N5OS/c20-14(7-6-13-5-2-8-21-13)16-11-3-1-4-12(9-11)19-10-15-17-18-19/h1-5,8-10H,6-7H2,(H,16,20). The highest BCUT2D eigenvalue weighted by atomic mass is 32.1. The number of hydrogen-bond donors (Lipinski definition) is 1. The van der Waals surface area contributed by atoms with Crippen LogP contribution < -0.4 is 5.32 Å². The van der Waals surface area contributed by atoms with Gasteiger partial charge in [-0.15, -0.1) is 16.4 Å². The highest BCUT2D eigenvalue weighted by molar-refractivity contribution is 7.09. The fourth-order valence-corrected chi connectivity index (χ4v) is 2.63. The summed E-state index contributed by atoms with van der Waals surface area (Å²) in [4.78, 5) is 13.2. The summed E-state index contributed by atoms with van der Waals surface area (Å²) in [5, 5.41) is 15.9. The minimum Gasteiger partial charge on any atom is -0.326 e. The second-order valence-electron chi connectivity index (χ2n) is 4.43. The van der Waals surface area contributed by atoms with E-state index in [-0.39, 0.29) is 5.91 Å². The van der Waals surface area contributed by atoms with Crippen LogP contribution in [0.3, 0.4) is 0 Å². The summed E-state index contributed by atoms with van der Waals surface area (Å²) >= 11 is 1.67. The molecule has 21 heavy (non-hydrogen) atoms. The van der Waals surface area contributed by atoms with Crippen LogP contribution in [0.1, 0.15) is 11.3 Å². The number of carbonyl (C=O) groups excluding carboxylic acids is 1. The number of anilines is 1. The molecule has 7 heteroatoms. The number of rotatable bonds is 5. The van der Waals surface area contributed by atoms with Gasteiger partial charge in [0.2, 0.25) is 5.91 Å². The first-order chi connectivity index (χ1) is 10.3. The maximum Gasteiger partial charge on any atom is 0.224 e. The van der Waals surface area contributed by atoms with E-state index in [1.54, 1.807) is 16.0 Å². The lowest BCUT2D eigenvalue weighted by Gasteiger charge is -2.06. The molecule has 2 aromatic heterocycles. The Morgan fingerprint density at radius 2 is 2.24 bits per heavy atom. The van der Waals surface area contributed by atoms with Crippen LogP contribution in [-0.4, -0.2) is 26.1 Å². The second-order valence-corrected chi connectivity index (χ2v) is 5.46. The molecule has 0 aliphatic carbocycles. The molecule has 106 valence electrons. The number of tetrazole rings is 1. The van der Waals surface area contributed by atoms with Crippen molar-refractivity contribution in [2.24, 2.45) is 0 Å². The Morgan fingerprint density at radius 1 is 1.29 bits per heavy atom. The van der Waals surface area contributed by atoms with Crippen LogP contribution in [0.2, 0.25) is 0 Å². The van der Waals surface area contributed by atoms with Gasteiger partial charge in [-0.3, -0.25) is 4.79 Å². The van der Waals surface area contributed by atoms with Gasteiger partial charge in [-0.05, 0) is 46.5 Å². The van der Waals surface area contributed by atoms with E-state index in [1.165, 1.54) is 11.2 Å². The summed E-state index contributed by atoms with van der Waals surface area (Å²) in [5.41, 5.74) is 1.54. The van der Waals surface area contributed by atoms with Crippen molar-refractivity contribution in [1.82, 2.24) is 20.2 Å². The van der Waals surface area contributed by atoms with E-state index in [1.807, 2.05) is 41.8 Å². The van der Waals surface area contributed by atoms with Crippen molar-refractivity contribution in [2.75, 3.05) is 5.32 Å². The number of aromatic nitrogens is 4. The molecule has 0 unspecified atom stereocenters. The molecule has 0 aliphatic rings. The maximum atomic E-state index is 12.0. The molecule has 0 spiro atoms. The van der Waals surface area contributed by atoms with Gasteiger partial charge in [0.1, 0.15) is 6.33 Å². The van der Waals surface area contributed by atoms with Crippen molar-refractivity contribution in [2.45, 2.75) is 12.8 Å². The van der Waals surface area contributed by atoms with Crippen molar-refractivity contribution in [1.29, 1.82) is 0 Å². The molecule has 3 aromatic rings. The smallest absolute Gasteiger partial charge is 0.224 e. The second kappa shape index (κ2) is 6.27. The fourth-order valence-electron chi connectivity index (χ4n) is 1.92. The number of nitrogens with zero attached hydrogens (tertiary/aromatic N) is 4. The molecule has 1 N–H and O–H groups in total. The molecule has 0 radical (unpaired) electrons. The Balaban J connectivity index is 1.62. The van der Waals surface area contributed by atoms with E-state index in [2.05, 4.69) is 20.8 Å². The summed E-state index contributed by atoms with van der Waals surface area (Å²) in [7, 11) is 0. The van der Waals surface area contributed by atoms with Crippen LogP contribution in [0.5, 0.6) is 0 Å². The zero-order valence-electron chi connectivity index (χ0n) is 11.1. The molecule has 1 amide bonds. The molecular weight excluding hydrogens is 286 g/mol. The number of amides is 1. The summed E-state index contributed by atoms with van der Waals surface area (Å²) in [6.07, 6.45) is 2.74. The summed E-state index contributed by atoms with van der Waals surface area (Å²) < 4.78 is 1.54. The average molecular weight is 299 g/mol. The van der Waals surface area contributed by atoms with Crippen LogP contribution in [-0.2, 0) is 11.2 Å². The normalized spacial score (nSPS) is 10.5. The Hall–Kier alpha value is -2.54. The van der Waals surface area contributed by atoms with E-state index in [9.17, 15) is 4.79 Å². The quantitative estimate of drug-likeness (QED) is 0.784.